The third kappa shape index (κ3) is 4.08. The fourth-order valence-corrected chi connectivity index (χ4v) is 3.48. The molecule has 0 bridgehead atoms. The van der Waals surface area contributed by atoms with Crippen LogP contribution < -0.4 is 4.74 Å². The van der Waals surface area contributed by atoms with Gasteiger partial charge in [-0.15, -0.1) is 10.2 Å². The van der Waals surface area contributed by atoms with Gasteiger partial charge in [-0.25, -0.2) is 0 Å². The van der Waals surface area contributed by atoms with Crippen molar-refractivity contribution in [3.05, 3.63) is 84.3 Å². The average Bonchev–Trinajstić information content (AvgIpc) is 3.21. The lowest BCUT2D eigenvalue weighted by atomic mass is 10.1. The van der Waals surface area contributed by atoms with Crippen molar-refractivity contribution in [1.82, 2.24) is 24.8 Å². The molecular formula is C24H21N5O2. The van der Waals surface area contributed by atoms with E-state index in [4.69, 9.17) is 14.6 Å². The minimum atomic E-state index is 0.491. The zero-order valence-corrected chi connectivity index (χ0v) is 17.1. The van der Waals surface area contributed by atoms with Crippen LogP contribution in [0.2, 0.25) is 0 Å². The van der Waals surface area contributed by atoms with E-state index < -0.39 is 0 Å². The Balaban J connectivity index is 1.44. The number of aromatic nitrogens is 5. The average molecular weight is 411 g/mol. The van der Waals surface area contributed by atoms with Crippen LogP contribution in [0, 0.1) is 0 Å². The standard InChI is InChI=1S/C24H21N5O2/c1-30-11-12-31-20-15-19-13-17(7-8-21(19)25-16-20)14-24-27-26-23-10-9-22(28-29(23)24)18-5-3-2-4-6-18/h2-10,13,15-16H,11-12,14H2,1H3. The maximum Gasteiger partial charge on any atom is 0.177 e. The number of fused-ring (bicyclic) bond motifs is 2. The molecular weight excluding hydrogens is 390 g/mol. The molecule has 3 heterocycles. The highest BCUT2D eigenvalue weighted by molar-refractivity contribution is 5.80. The van der Waals surface area contributed by atoms with Gasteiger partial charge in [0.1, 0.15) is 12.4 Å². The van der Waals surface area contributed by atoms with Crippen LogP contribution in [0.4, 0.5) is 0 Å². The molecule has 154 valence electrons. The minimum absolute atomic E-state index is 0.491. The normalized spacial score (nSPS) is 11.3. The predicted molar refractivity (Wildman–Crippen MR) is 118 cm³/mol. The van der Waals surface area contributed by atoms with Crippen molar-refractivity contribution >= 4 is 16.6 Å². The van der Waals surface area contributed by atoms with Gasteiger partial charge in [-0.2, -0.15) is 9.61 Å². The molecule has 0 spiro atoms. The highest BCUT2D eigenvalue weighted by Gasteiger charge is 2.10. The summed E-state index contributed by atoms with van der Waals surface area (Å²) >= 11 is 0. The summed E-state index contributed by atoms with van der Waals surface area (Å²) in [5.41, 5.74) is 4.69. The van der Waals surface area contributed by atoms with Crippen molar-refractivity contribution in [2.24, 2.45) is 0 Å². The highest BCUT2D eigenvalue weighted by Crippen LogP contribution is 2.22. The van der Waals surface area contributed by atoms with Crippen molar-refractivity contribution in [3.63, 3.8) is 0 Å². The summed E-state index contributed by atoms with van der Waals surface area (Å²) in [7, 11) is 1.65. The van der Waals surface area contributed by atoms with Gasteiger partial charge in [-0.05, 0) is 35.9 Å². The lowest BCUT2D eigenvalue weighted by Crippen LogP contribution is -2.04. The first kappa shape index (κ1) is 19.1. The van der Waals surface area contributed by atoms with Crippen LogP contribution in [0.15, 0.2) is 72.9 Å². The molecule has 0 saturated carbocycles. The summed E-state index contributed by atoms with van der Waals surface area (Å²) in [5, 5.41) is 14.4. The smallest absolute Gasteiger partial charge is 0.177 e. The Morgan fingerprint density at radius 2 is 1.81 bits per heavy atom. The monoisotopic (exact) mass is 411 g/mol. The highest BCUT2D eigenvalue weighted by atomic mass is 16.5. The van der Waals surface area contributed by atoms with Gasteiger partial charge in [0.25, 0.3) is 0 Å². The van der Waals surface area contributed by atoms with E-state index in [0.717, 1.165) is 44.9 Å². The molecule has 31 heavy (non-hydrogen) atoms. The summed E-state index contributed by atoms with van der Waals surface area (Å²) < 4.78 is 12.5. The minimum Gasteiger partial charge on any atom is -0.490 e. The second-order valence-electron chi connectivity index (χ2n) is 7.19. The first-order chi connectivity index (χ1) is 15.3. The number of nitrogens with zero attached hydrogens (tertiary/aromatic N) is 5. The van der Waals surface area contributed by atoms with Crippen LogP contribution in [-0.4, -0.2) is 45.1 Å². The van der Waals surface area contributed by atoms with Gasteiger partial charge >= 0.3 is 0 Å². The predicted octanol–water partition coefficient (Wildman–Crippen LogP) is 3.96. The molecule has 0 fully saturated rings. The molecule has 0 aliphatic heterocycles. The SMILES string of the molecule is COCCOc1cnc2ccc(Cc3nnc4ccc(-c5ccccc5)nn34)cc2c1. The van der Waals surface area contributed by atoms with Crippen LogP contribution in [0.3, 0.4) is 0 Å². The molecule has 0 unspecified atom stereocenters. The van der Waals surface area contributed by atoms with Crippen LogP contribution >= 0.6 is 0 Å². The molecule has 5 rings (SSSR count). The zero-order valence-electron chi connectivity index (χ0n) is 17.1. The Labute approximate surface area is 179 Å². The van der Waals surface area contributed by atoms with E-state index >= 15 is 0 Å². The second kappa shape index (κ2) is 8.49. The van der Waals surface area contributed by atoms with Crippen LogP contribution in [0.1, 0.15) is 11.4 Å². The molecule has 0 saturated heterocycles. The third-order valence-electron chi connectivity index (χ3n) is 5.04. The van der Waals surface area contributed by atoms with Crippen LogP contribution in [-0.2, 0) is 11.2 Å². The Morgan fingerprint density at radius 3 is 2.68 bits per heavy atom. The van der Waals surface area contributed by atoms with E-state index in [9.17, 15) is 0 Å². The van der Waals surface area contributed by atoms with Crippen LogP contribution in [0.25, 0.3) is 27.8 Å². The lowest BCUT2D eigenvalue weighted by Gasteiger charge is -2.07. The molecule has 2 aromatic carbocycles. The second-order valence-corrected chi connectivity index (χ2v) is 7.19. The first-order valence-corrected chi connectivity index (χ1v) is 10.1. The summed E-state index contributed by atoms with van der Waals surface area (Å²) in [6.07, 6.45) is 2.34. The summed E-state index contributed by atoms with van der Waals surface area (Å²) in [5.74, 6) is 1.51. The molecule has 3 aromatic heterocycles. The number of hydrogen-bond acceptors (Lipinski definition) is 6. The Kier molecular flexibility index (Phi) is 5.24. The van der Waals surface area contributed by atoms with Gasteiger partial charge in [0, 0.05) is 24.5 Å². The summed E-state index contributed by atoms with van der Waals surface area (Å²) in [6.45, 7) is 1.03. The molecule has 7 heteroatoms. The van der Waals surface area contributed by atoms with Gasteiger partial charge in [0.05, 0.1) is 24.0 Å². The van der Waals surface area contributed by atoms with Crippen LogP contribution in [0.5, 0.6) is 5.75 Å². The molecule has 0 atom stereocenters. The zero-order chi connectivity index (χ0) is 21.0. The number of hydrogen-bond donors (Lipinski definition) is 0. The maximum absolute atomic E-state index is 5.69. The quantitative estimate of drug-likeness (QED) is 0.378. The topological polar surface area (TPSA) is 74.4 Å². The number of ether oxygens (including phenoxy) is 2. The number of pyridine rings is 1. The van der Waals surface area contributed by atoms with Gasteiger partial charge in [-0.1, -0.05) is 36.4 Å². The van der Waals surface area contributed by atoms with Crippen molar-refractivity contribution in [2.75, 3.05) is 20.3 Å². The molecule has 0 aliphatic carbocycles. The van der Waals surface area contributed by atoms with E-state index in [1.807, 2.05) is 59.1 Å². The first-order valence-electron chi connectivity index (χ1n) is 10.1. The van der Waals surface area contributed by atoms with E-state index in [1.165, 1.54) is 0 Å². The Bertz CT molecular complexity index is 1330. The fraction of sp³-hybridized carbons (Fsp3) is 0.167. The fourth-order valence-electron chi connectivity index (χ4n) is 3.48. The molecule has 0 amide bonds. The van der Waals surface area contributed by atoms with E-state index in [2.05, 4.69) is 27.3 Å². The number of rotatable bonds is 7. The van der Waals surface area contributed by atoms with Gasteiger partial charge in [0.2, 0.25) is 0 Å². The van der Waals surface area contributed by atoms with Gasteiger partial charge in [-0.3, -0.25) is 4.98 Å². The van der Waals surface area contributed by atoms with E-state index in [-0.39, 0.29) is 0 Å². The molecule has 0 aliphatic rings. The molecule has 5 aromatic rings. The van der Waals surface area contributed by atoms with Crippen molar-refractivity contribution < 1.29 is 9.47 Å². The van der Waals surface area contributed by atoms with E-state index in [1.54, 1.807) is 13.3 Å². The lowest BCUT2D eigenvalue weighted by molar-refractivity contribution is 0.146. The third-order valence-corrected chi connectivity index (χ3v) is 5.04. The van der Waals surface area contributed by atoms with Gasteiger partial charge < -0.3 is 9.47 Å². The van der Waals surface area contributed by atoms with Crippen molar-refractivity contribution in [1.29, 1.82) is 0 Å². The Morgan fingerprint density at radius 1 is 0.903 bits per heavy atom. The number of benzene rings is 2. The van der Waals surface area contributed by atoms with Crippen molar-refractivity contribution in [3.8, 4) is 17.0 Å². The van der Waals surface area contributed by atoms with Crippen molar-refractivity contribution in [2.45, 2.75) is 6.42 Å². The Hall–Kier alpha value is -3.84. The molecule has 0 radical (unpaired) electrons. The maximum atomic E-state index is 5.69. The summed E-state index contributed by atoms with van der Waals surface area (Å²) in [6, 6.07) is 22.2. The number of methoxy groups -OCH3 is 1. The largest absolute Gasteiger partial charge is 0.490 e. The molecule has 0 N–H and O–H groups in total. The van der Waals surface area contributed by atoms with Gasteiger partial charge in [0.15, 0.2) is 11.5 Å². The summed E-state index contributed by atoms with van der Waals surface area (Å²) in [4.78, 5) is 4.48. The van der Waals surface area contributed by atoms with E-state index in [0.29, 0.717) is 19.6 Å². The molecule has 7 nitrogen and oxygen atoms in total.